The van der Waals surface area contributed by atoms with Gasteiger partial charge in [-0.2, -0.15) is 0 Å². The van der Waals surface area contributed by atoms with E-state index in [1.807, 2.05) is 0 Å². The van der Waals surface area contributed by atoms with Gasteiger partial charge in [0.1, 0.15) is 5.69 Å². The van der Waals surface area contributed by atoms with Crippen LogP contribution in [0.3, 0.4) is 0 Å². The number of nitrogens with one attached hydrogen (secondary N) is 2. The molecule has 1 rings (SSSR count). The highest BCUT2D eigenvalue weighted by molar-refractivity contribution is 7.71. The Morgan fingerprint density at radius 3 is 2.91 bits per heavy atom. The minimum atomic E-state index is -0.115. The second-order valence-electron chi connectivity index (χ2n) is 2.12. The van der Waals surface area contributed by atoms with Gasteiger partial charge in [0.25, 0.3) is 5.56 Å². The highest BCUT2D eigenvalue weighted by Gasteiger charge is 1.97. The quantitative estimate of drug-likeness (QED) is 0.604. The van der Waals surface area contributed by atoms with Crippen molar-refractivity contribution in [2.24, 2.45) is 7.05 Å². The van der Waals surface area contributed by atoms with Gasteiger partial charge in [0.05, 0.1) is 0 Å². The molecule has 0 saturated carbocycles. The van der Waals surface area contributed by atoms with Crippen LogP contribution in [0.25, 0.3) is 0 Å². The summed E-state index contributed by atoms with van der Waals surface area (Å²) in [4.78, 5) is 14.0. The molecule has 0 unspecified atom stereocenters. The van der Waals surface area contributed by atoms with E-state index in [9.17, 15) is 4.79 Å². The van der Waals surface area contributed by atoms with E-state index in [4.69, 9.17) is 12.2 Å². The van der Waals surface area contributed by atoms with Gasteiger partial charge in [0.15, 0.2) is 4.77 Å². The van der Waals surface area contributed by atoms with Crippen molar-refractivity contribution in [3.05, 3.63) is 21.3 Å². The largest absolute Gasteiger partial charge is 0.382 e. The molecule has 11 heavy (non-hydrogen) atoms. The van der Waals surface area contributed by atoms with E-state index in [1.165, 1.54) is 4.57 Å². The number of aromatic amines is 1. The first-order valence-corrected chi connectivity index (χ1v) is 3.54. The van der Waals surface area contributed by atoms with Crippen LogP contribution in [0.5, 0.6) is 0 Å². The van der Waals surface area contributed by atoms with Crippen molar-refractivity contribution >= 4 is 17.9 Å². The van der Waals surface area contributed by atoms with Crippen LogP contribution >= 0.6 is 12.2 Å². The van der Waals surface area contributed by atoms with Crippen LogP contribution in [0.1, 0.15) is 0 Å². The van der Waals surface area contributed by atoms with Crippen molar-refractivity contribution in [3.63, 3.8) is 0 Å². The van der Waals surface area contributed by atoms with Gasteiger partial charge in [0.2, 0.25) is 0 Å². The molecule has 4 nitrogen and oxygen atoms in total. The zero-order chi connectivity index (χ0) is 8.43. The maximum atomic E-state index is 11.2. The lowest BCUT2D eigenvalue weighted by atomic mass is 10.5. The fourth-order valence-corrected chi connectivity index (χ4v) is 0.886. The van der Waals surface area contributed by atoms with Crippen LogP contribution in [0.4, 0.5) is 5.69 Å². The van der Waals surface area contributed by atoms with Crippen LogP contribution < -0.4 is 10.9 Å². The molecule has 0 fully saturated rings. The average Bonchev–Trinajstić information content (AvgIpc) is 2.01. The number of anilines is 1. The summed E-state index contributed by atoms with van der Waals surface area (Å²) in [7, 11) is 3.32. The molecule has 0 aliphatic carbocycles. The van der Waals surface area contributed by atoms with Crippen molar-refractivity contribution in [2.45, 2.75) is 0 Å². The molecular formula is C6H9N3OS. The molecule has 1 heterocycles. The lowest BCUT2D eigenvalue weighted by Gasteiger charge is -2.01. The van der Waals surface area contributed by atoms with Gasteiger partial charge in [-0.05, 0) is 12.2 Å². The molecular weight excluding hydrogens is 162 g/mol. The summed E-state index contributed by atoms with van der Waals surface area (Å²) in [5.74, 6) is 0. The summed E-state index contributed by atoms with van der Waals surface area (Å²) in [5.41, 5.74) is 0.400. The van der Waals surface area contributed by atoms with Gasteiger partial charge in [-0.15, -0.1) is 0 Å². The third-order valence-electron chi connectivity index (χ3n) is 1.45. The number of H-pyrrole nitrogens is 1. The highest BCUT2D eigenvalue weighted by atomic mass is 32.1. The predicted molar refractivity (Wildman–Crippen MR) is 46.4 cm³/mol. The Hall–Kier alpha value is -1.10. The molecule has 0 saturated heterocycles. The number of hydrogen-bond donors (Lipinski definition) is 2. The van der Waals surface area contributed by atoms with E-state index < -0.39 is 0 Å². The second kappa shape index (κ2) is 2.87. The Labute approximate surface area is 68.9 Å². The Kier molecular flexibility index (Phi) is 2.09. The minimum absolute atomic E-state index is 0.115. The summed E-state index contributed by atoms with van der Waals surface area (Å²) in [5, 5.41) is 2.75. The third kappa shape index (κ3) is 1.32. The molecule has 0 radical (unpaired) electrons. The molecule has 0 spiro atoms. The van der Waals surface area contributed by atoms with Gasteiger partial charge in [0, 0.05) is 20.3 Å². The lowest BCUT2D eigenvalue weighted by molar-refractivity contribution is 0.808. The lowest BCUT2D eigenvalue weighted by Crippen LogP contribution is -2.21. The zero-order valence-corrected chi connectivity index (χ0v) is 7.16. The van der Waals surface area contributed by atoms with E-state index in [1.54, 1.807) is 20.3 Å². The molecule has 1 aromatic heterocycles. The molecule has 1 aromatic rings. The first kappa shape index (κ1) is 8.00. The number of nitrogens with zero attached hydrogens (tertiary/aromatic N) is 1. The van der Waals surface area contributed by atoms with Gasteiger partial charge in [-0.3, -0.25) is 9.36 Å². The normalized spacial score (nSPS) is 9.64. The molecule has 0 aliphatic heterocycles. The molecule has 0 atom stereocenters. The van der Waals surface area contributed by atoms with Crippen LogP contribution in [0, 0.1) is 4.77 Å². The van der Waals surface area contributed by atoms with E-state index in [0.717, 1.165) is 0 Å². The summed E-state index contributed by atoms with van der Waals surface area (Å²) < 4.78 is 1.80. The first-order valence-electron chi connectivity index (χ1n) is 3.13. The zero-order valence-electron chi connectivity index (χ0n) is 6.34. The van der Waals surface area contributed by atoms with Crippen LogP contribution in [-0.2, 0) is 7.05 Å². The minimum Gasteiger partial charge on any atom is -0.382 e. The standard InChI is InChI=1S/C6H9N3OS/c1-7-4-3-8-6(11)9(2)5(4)10/h3,7H,1-2H3,(H,8,11). The molecule has 5 heteroatoms. The van der Waals surface area contributed by atoms with Gasteiger partial charge >= 0.3 is 0 Å². The summed E-state index contributed by atoms with van der Waals surface area (Å²) in [6.07, 6.45) is 1.56. The Morgan fingerprint density at radius 1 is 1.73 bits per heavy atom. The maximum Gasteiger partial charge on any atom is 0.277 e. The second-order valence-corrected chi connectivity index (χ2v) is 2.51. The molecule has 0 bridgehead atoms. The molecule has 60 valence electrons. The van der Waals surface area contributed by atoms with Crippen molar-refractivity contribution in [2.75, 3.05) is 12.4 Å². The van der Waals surface area contributed by atoms with Crippen LogP contribution in [0.15, 0.2) is 11.0 Å². The number of aromatic nitrogens is 2. The number of rotatable bonds is 1. The SMILES string of the molecule is CNc1c[nH]c(=S)n(C)c1=O. The van der Waals surface area contributed by atoms with Crippen LogP contribution in [0.2, 0.25) is 0 Å². The highest BCUT2D eigenvalue weighted by Crippen LogP contribution is 1.92. The number of hydrogen-bond acceptors (Lipinski definition) is 3. The van der Waals surface area contributed by atoms with Crippen molar-refractivity contribution in [1.29, 1.82) is 0 Å². The topological polar surface area (TPSA) is 49.8 Å². The van der Waals surface area contributed by atoms with Crippen molar-refractivity contribution in [1.82, 2.24) is 9.55 Å². The van der Waals surface area contributed by atoms with E-state index >= 15 is 0 Å². The Bertz CT molecular complexity index is 365. The van der Waals surface area contributed by atoms with E-state index in [2.05, 4.69) is 10.3 Å². The molecule has 0 aromatic carbocycles. The van der Waals surface area contributed by atoms with Crippen LogP contribution in [-0.4, -0.2) is 16.6 Å². The average molecular weight is 171 g/mol. The monoisotopic (exact) mass is 171 g/mol. The smallest absolute Gasteiger partial charge is 0.277 e. The predicted octanol–water partition coefficient (Wildman–Crippen LogP) is 0.485. The van der Waals surface area contributed by atoms with Crippen molar-refractivity contribution in [3.8, 4) is 0 Å². The van der Waals surface area contributed by atoms with E-state index in [0.29, 0.717) is 10.5 Å². The fraction of sp³-hybridized carbons (Fsp3) is 0.333. The van der Waals surface area contributed by atoms with Crippen molar-refractivity contribution < 1.29 is 0 Å². The fourth-order valence-electron chi connectivity index (χ4n) is 0.744. The Balaban J connectivity index is 3.50. The van der Waals surface area contributed by atoms with Gasteiger partial charge in [-0.1, -0.05) is 0 Å². The maximum absolute atomic E-state index is 11.2. The van der Waals surface area contributed by atoms with Gasteiger partial charge in [-0.25, -0.2) is 0 Å². The Morgan fingerprint density at radius 2 is 2.36 bits per heavy atom. The molecule has 2 N–H and O–H groups in total. The summed E-state index contributed by atoms with van der Waals surface area (Å²) in [6.45, 7) is 0. The van der Waals surface area contributed by atoms with Gasteiger partial charge < -0.3 is 10.3 Å². The first-order chi connectivity index (χ1) is 5.16. The summed E-state index contributed by atoms with van der Waals surface area (Å²) >= 11 is 4.83. The molecule has 0 amide bonds. The third-order valence-corrected chi connectivity index (χ3v) is 1.84. The van der Waals surface area contributed by atoms with E-state index in [-0.39, 0.29) is 5.56 Å². The molecule has 0 aliphatic rings. The summed E-state index contributed by atoms with van der Waals surface area (Å²) in [6, 6.07) is 0.